The Balaban J connectivity index is 1.99. The number of hydrogen-bond acceptors (Lipinski definition) is 3. The van der Waals surface area contributed by atoms with E-state index in [1.807, 2.05) is 0 Å². The minimum Gasteiger partial charge on any atom is -0.376 e. The summed E-state index contributed by atoms with van der Waals surface area (Å²) < 4.78 is 18.8. The van der Waals surface area contributed by atoms with Crippen molar-refractivity contribution in [3.8, 4) is 0 Å². The van der Waals surface area contributed by atoms with Crippen molar-refractivity contribution in [2.75, 3.05) is 19.0 Å². The molecule has 0 aromatic carbocycles. The van der Waals surface area contributed by atoms with Crippen LogP contribution in [0.25, 0.3) is 0 Å². The Hall–Kier alpha value is -0.870. The Labute approximate surface area is 99.0 Å². The van der Waals surface area contributed by atoms with E-state index in [1.54, 1.807) is 7.11 Å². The van der Waals surface area contributed by atoms with E-state index in [0.717, 1.165) is 19.3 Å². The maximum Gasteiger partial charge on any atom is 0.166 e. The van der Waals surface area contributed by atoms with Crippen molar-refractivity contribution in [3.63, 3.8) is 0 Å². The van der Waals surface area contributed by atoms with Gasteiger partial charge < -0.3 is 10.1 Å². The zero-order valence-corrected chi connectivity index (χ0v) is 9.85. The van der Waals surface area contributed by atoms with E-state index in [0.29, 0.717) is 11.6 Å². The lowest BCUT2D eigenvalue weighted by Gasteiger charge is -2.40. The maximum absolute atomic E-state index is 13.4. The highest BCUT2D eigenvalue weighted by Gasteiger charge is 2.36. The fourth-order valence-corrected chi connectivity index (χ4v) is 1.96. The molecule has 0 unspecified atom stereocenters. The first-order valence-electron chi connectivity index (χ1n) is 5.25. The van der Waals surface area contributed by atoms with Gasteiger partial charge in [0.05, 0.1) is 10.6 Å². The molecule has 1 aromatic heterocycles. The molecule has 1 aliphatic rings. The van der Waals surface area contributed by atoms with E-state index < -0.39 is 5.82 Å². The van der Waals surface area contributed by atoms with Gasteiger partial charge in [-0.1, -0.05) is 11.6 Å². The van der Waals surface area contributed by atoms with Crippen LogP contribution in [0.2, 0.25) is 5.02 Å². The molecule has 88 valence electrons. The van der Waals surface area contributed by atoms with Gasteiger partial charge in [0, 0.05) is 19.9 Å². The molecular weight excluding hydrogens is 231 g/mol. The highest BCUT2D eigenvalue weighted by atomic mass is 35.5. The number of anilines is 1. The lowest BCUT2D eigenvalue weighted by Crippen LogP contribution is -2.45. The van der Waals surface area contributed by atoms with Gasteiger partial charge in [-0.25, -0.2) is 9.37 Å². The number of methoxy groups -OCH3 is 1. The number of pyridine rings is 1. The molecule has 5 heteroatoms. The summed E-state index contributed by atoms with van der Waals surface area (Å²) in [7, 11) is 1.69. The molecule has 16 heavy (non-hydrogen) atoms. The van der Waals surface area contributed by atoms with Crippen molar-refractivity contribution in [2.45, 2.75) is 24.9 Å². The smallest absolute Gasteiger partial charge is 0.166 e. The highest BCUT2D eigenvalue weighted by molar-refractivity contribution is 6.30. The van der Waals surface area contributed by atoms with E-state index >= 15 is 0 Å². The average molecular weight is 245 g/mol. The zero-order chi connectivity index (χ0) is 11.6. The summed E-state index contributed by atoms with van der Waals surface area (Å²) >= 11 is 5.62. The fraction of sp³-hybridized carbons (Fsp3) is 0.545. The van der Waals surface area contributed by atoms with Crippen molar-refractivity contribution in [2.24, 2.45) is 0 Å². The third-order valence-corrected chi connectivity index (χ3v) is 3.29. The topological polar surface area (TPSA) is 34.1 Å². The molecule has 0 saturated heterocycles. The zero-order valence-electron chi connectivity index (χ0n) is 9.09. The Morgan fingerprint density at radius 2 is 2.38 bits per heavy atom. The van der Waals surface area contributed by atoms with E-state index in [-0.39, 0.29) is 11.4 Å². The van der Waals surface area contributed by atoms with Crippen LogP contribution in [0.1, 0.15) is 19.3 Å². The molecule has 1 aromatic rings. The molecule has 1 heterocycles. The lowest BCUT2D eigenvalue weighted by molar-refractivity contribution is -0.0602. The third kappa shape index (κ3) is 2.28. The van der Waals surface area contributed by atoms with Crippen LogP contribution in [0.3, 0.4) is 0 Å². The molecular formula is C11H14ClFN2O. The standard InChI is InChI=1S/C11H14ClFN2O/c1-16-11(3-2-4-11)7-15-10-9(13)5-8(12)6-14-10/h5-6H,2-4,7H2,1H3,(H,14,15). The molecule has 1 N–H and O–H groups in total. The number of hydrogen-bond donors (Lipinski definition) is 1. The van der Waals surface area contributed by atoms with Crippen molar-refractivity contribution in [3.05, 3.63) is 23.1 Å². The highest BCUT2D eigenvalue weighted by Crippen LogP contribution is 2.35. The fourth-order valence-electron chi connectivity index (χ4n) is 1.81. The van der Waals surface area contributed by atoms with Crippen LogP contribution in [-0.2, 0) is 4.74 Å². The molecule has 1 aliphatic carbocycles. The largest absolute Gasteiger partial charge is 0.376 e. The molecule has 0 spiro atoms. The van der Waals surface area contributed by atoms with Crippen molar-refractivity contribution in [1.29, 1.82) is 0 Å². The SMILES string of the molecule is COC1(CNc2ncc(Cl)cc2F)CCC1. The Bertz CT molecular complexity index is 377. The van der Waals surface area contributed by atoms with Gasteiger partial charge in [-0.2, -0.15) is 0 Å². The van der Waals surface area contributed by atoms with E-state index in [1.165, 1.54) is 12.3 Å². The first kappa shape index (κ1) is 11.6. The quantitative estimate of drug-likeness (QED) is 0.884. The summed E-state index contributed by atoms with van der Waals surface area (Å²) in [5.74, 6) is -0.203. The molecule has 2 rings (SSSR count). The Kier molecular flexibility index (Phi) is 3.30. The van der Waals surface area contributed by atoms with Crippen LogP contribution >= 0.6 is 11.6 Å². The molecule has 1 fully saturated rings. The maximum atomic E-state index is 13.4. The predicted octanol–water partition coefficient (Wildman–Crippen LogP) is 2.86. The molecule has 0 radical (unpaired) electrons. The lowest BCUT2D eigenvalue weighted by atomic mass is 9.80. The van der Waals surface area contributed by atoms with Crippen LogP contribution < -0.4 is 5.32 Å². The third-order valence-electron chi connectivity index (χ3n) is 3.08. The van der Waals surface area contributed by atoms with Gasteiger partial charge >= 0.3 is 0 Å². The number of ether oxygens (including phenoxy) is 1. The number of halogens is 2. The Morgan fingerprint density at radius 1 is 1.62 bits per heavy atom. The number of rotatable bonds is 4. The minimum absolute atomic E-state index is 0.145. The van der Waals surface area contributed by atoms with Gasteiger partial charge in [-0.15, -0.1) is 0 Å². The summed E-state index contributed by atoms with van der Waals surface area (Å²) in [5.41, 5.74) is -0.145. The average Bonchev–Trinajstić information content (AvgIpc) is 2.19. The van der Waals surface area contributed by atoms with Gasteiger partial charge in [0.25, 0.3) is 0 Å². The van der Waals surface area contributed by atoms with Gasteiger partial charge in [0.1, 0.15) is 0 Å². The summed E-state index contributed by atoms with van der Waals surface area (Å²) in [6.45, 7) is 0.578. The summed E-state index contributed by atoms with van der Waals surface area (Å²) in [6, 6.07) is 1.25. The number of nitrogens with zero attached hydrogens (tertiary/aromatic N) is 1. The second-order valence-electron chi connectivity index (χ2n) is 4.08. The molecule has 3 nitrogen and oxygen atoms in total. The monoisotopic (exact) mass is 244 g/mol. The second-order valence-corrected chi connectivity index (χ2v) is 4.51. The van der Waals surface area contributed by atoms with E-state index in [9.17, 15) is 4.39 Å². The number of nitrogens with one attached hydrogen (secondary N) is 1. The predicted molar refractivity (Wildman–Crippen MR) is 61.3 cm³/mol. The second kappa shape index (κ2) is 4.55. The van der Waals surface area contributed by atoms with Gasteiger partial charge in [0.2, 0.25) is 0 Å². The van der Waals surface area contributed by atoms with Crippen LogP contribution in [-0.4, -0.2) is 24.2 Å². The Morgan fingerprint density at radius 3 is 2.88 bits per heavy atom. The van der Waals surface area contributed by atoms with Gasteiger partial charge in [-0.3, -0.25) is 0 Å². The van der Waals surface area contributed by atoms with Crippen LogP contribution in [0.4, 0.5) is 10.2 Å². The molecule has 1 saturated carbocycles. The van der Waals surface area contributed by atoms with Gasteiger partial charge in [0.15, 0.2) is 11.6 Å². The first-order valence-corrected chi connectivity index (χ1v) is 5.63. The molecule has 0 bridgehead atoms. The molecule has 0 amide bonds. The van der Waals surface area contributed by atoms with Crippen LogP contribution in [0, 0.1) is 5.82 Å². The summed E-state index contributed by atoms with van der Waals surface area (Å²) in [6.07, 6.45) is 4.59. The first-order chi connectivity index (χ1) is 7.65. The van der Waals surface area contributed by atoms with Crippen LogP contribution in [0.5, 0.6) is 0 Å². The minimum atomic E-state index is -0.432. The summed E-state index contributed by atoms with van der Waals surface area (Å²) in [5, 5.41) is 3.26. The van der Waals surface area contributed by atoms with Crippen molar-refractivity contribution in [1.82, 2.24) is 4.98 Å². The van der Waals surface area contributed by atoms with E-state index in [4.69, 9.17) is 16.3 Å². The van der Waals surface area contributed by atoms with E-state index in [2.05, 4.69) is 10.3 Å². The number of aromatic nitrogens is 1. The molecule has 0 aliphatic heterocycles. The van der Waals surface area contributed by atoms with Crippen molar-refractivity contribution < 1.29 is 9.13 Å². The molecule has 0 atom stereocenters. The van der Waals surface area contributed by atoms with Gasteiger partial charge in [-0.05, 0) is 25.3 Å². The van der Waals surface area contributed by atoms with Crippen LogP contribution in [0.15, 0.2) is 12.3 Å². The van der Waals surface area contributed by atoms with Crippen molar-refractivity contribution >= 4 is 17.4 Å². The normalized spacial score (nSPS) is 17.9. The summed E-state index contributed by atoms with van der Waals surface area (Å²) in [4.78, 5) is 3.90.